The molecule has 8 heteroatoms. The summed E-state index contributed by atoms with van der Waals surface area (Å²) in [7, 11) is 0. The van der Waals surface area contributed by atoms with Gasteiger partial charge in [0.25, 0.3) is 11.6 Å². The largest absolute Gasteiger partial charge is 0.369 e. The number of rotatable bonds is 3. The highest BCUT2D eigenvalue weighted by Gasteiger charge is 2.29. The van der Waals surface area contributed by atoms with Gasteiger partial charge in [0.05, 0.1) is 27.2 Å². The minimum Gasteiger partial charge on any atom is -0.369 e. The first-order valence-corrected chi connectivity index (χ1v) is 9.68. The van der Waals surface area contributed by atoms with Crippen molar-refractivity contribution < 1.29 is 14.1 Å². The van der Waals surface area contributed by atoms with Crippen LogP contribution in [0.15, 0.2) is 22.7 Å². The fourth-order valence-corrected chi connectivity index (χ4v) is 4.33. The standard InChI is InChI=1S/C19H20N4O3S/c1-10-3-4-15(27-10)14-9-13(16-11(2)22-26-18(16)21-14)19(25)23-7-5-12(6-8-23)17(20)24/h3-4,9,12H,5-8H2,1-2H3,(H2,20,24). The highest BCUT2D eigenvalue weighted by Crippen LogP contribution is 2.32. The maximum Gasteiger partial charge on any atom is 0.259 e. The number of hydrogen-bond donors (Lipinski definition) is 1. The summed E-state index contributed by atoms with van der Waals surface area (Å²) in [6, 6.07) is 5.83. The van der Waals surface area contributed by atoms with Crippen molar-refractivity contribution in [3.8, 4) is 10.6 Å². The molecule has 0 radical (unpaired) electrons. The molecule has 0 aromatic carbocycles. The normalized spacial score (nSPS) is 15.4. The Morgan fingerprint density at radius 2 is 2.00 bits per heavy atom. The molecule has 4 heterocycles. The zero-order chi connectivity index (χ0) is 19.1. The first-order chi connectivity index (χ1) is 12.9. The van der Waals surface area contributed by atoms with Crippen LogP contribution in [0.25, 0.3) is 21.7 Å². The van der Waals surface area contributed by atoms with E-state index in [0.717, 1.165) is 4.88 Å². The molecule has 0 unspecified atom stereocenters. The molecule has 3 aromatic heterocycles. The lowest BCUT2D eigenvalue weighted by Crippen LogP contribution is -2.41. The molecule has 1 saturated heterocycles. The van der Waals surface area contributed by atoms with E-state index in [1.54, 1.807) is 23.2 Å². The molecule has 2 amide bonds. The molecule has 27 heavy (non-hydrogen) atoms. The molecule has 0 atom stereocenters. The highest BCUT2D eigenvalue weighted by atomic mass is 32.1. The Morgan fingerprint density at radius 3 is 2.63 bits per heavy atom. The molecule has 1 aliphatic rings. The van der Waals surface area contributed by atoms with E-state index in [-0.39, 0.29) is 17.7 Å². The number of aromatic nitrogens is 2. The summed E-state index contributed by atoms with van der Waals surface area (Å²) in [6.45, 7) is 4.85. The van der Waals surface area contributed by atoms with Gasteiger partial charge in [-0.15, -0.1) is 11.3 Å². The monoisotopic (exact) mass is 384 g/mol. The zero-order valence-corrected chi connectivity index (χ0v) is 16.0. The molecular weight excluding hydrogens is 364 g/mol. The molecule has 7 nitrogen and oxygen atoms in total. The maximum atomic E-state index is 13.2. The van der Waals surface area contributed by atoms with Gasteiger partial charge < -0.3 is 15.2 Å². The van der Waals surface area contributed by atoms with E-state index in [1.165, 1.54) is 4.88 Å². The van der Waals surface area contributed by atoms with Gasteiger partial charge in [-0.05, 0) is 44.9 Å². The van der Waals surface area contributed by atoms with Crippen LogP contribution in [-0.2, 0) is 4.79 Å². The molecule has 140 valence electrons. The number of fused-ring (bicyclic) bond motifs is 1. The van der Waals surface area contributed by atoms with Crippen molar-refractivity contribution in [2.24, 2.45) is 11.7 Å². The van der Waals surface area contributed by atoms with Crippen molar-refractivity contribution in [3.63, 3.8) is 0 Å². The van der Waals surface area contributed by atoms with E-state index >= 15 is 0 Å². The Balaban J connectivity index is 1.72. The summed E-state index contributed by atoms with van der Waals surface area (Å²) in [5.41, 5.74) is 7.64. The smallest absolute Gasteiger partial charge is 0.259 e. The van der Waals surface area contributed by atoms with E-state index in [1.807, 2.05) is 25.1 Å². The van der Waals surface area contributed by atoms with E-state index < -0.39 is 0 Å². The zero-order valence-electron chi connectivity index (χ0n) is 15.2. The number of hydrogen-bond acceptors (Lipinski definition) is 6. The fraction of sp³-hybridized carbons (Fsp3) is 0.368. The van der Waals surface area contributed by atoms with Crippen molar-refractivity contribution in [1.82, 2.24) is 15.0 Å². The number of pyridine rings is 1. The van der Waals surface area contributed by atoms with Gasteiger partial charge in [0.1, 0.15) is 0 Å². The van der Waals surface area contributed by atoms with Gasteiger partial charge in [-0.1, -0.05) is 5.16 Å². The van der Waals surface area contributed by atoms with Crippen LogP contribution in [0.3, 0.4) is 0 Å². The van der Waals surface area contributed by atoms with Crippen molar-refractivity contribution in [2.45, 2.75) is 26.7 Å². The van der Waals surface area contributed by atoms with Crippen LogP contribution in [0.5, 0.6) is 0 Å². The third-order valence-corrected chi connectivity index (χ3v) is 6.05. The summed E-state index contributed by atoms with van der Waals surface area (Å²) in [6.07, 6.45) is 1.18. The minimum atomic E-state index is -0.293. The third-order valence-electron chi connectivity index (χ3n) is 5.02. The van der Waals surface area contributed by atoms with Crippen molar-refractivity contribution >= 4 is 34.3 Å². The number of thiophene rings is 1. The quantitative estimate of drug-likeness (QED) is 0.748. The van der Waals surface area contributed by atoms with Crippen LogP contribution >= 0.6 is 11.3 Å². The minimum absolute atomic E-state index is 0.0915. The van der Waals surface area contributed by atoms with Crippen LogP contribution in [0.2, 0.25) is 0 Å². The number of carbonyl (C=O) groups excluding carboxylic acids is 2. The molecule has 1 fully saturated rings. The van der Waals surface area contributed by atoms with Crippen molar-refractivity contribution in [1.29, 1.82) is 0 Å². The molecule has 2 N–H and O–H groups in total. The Kier molecular flexibility index (Phi) is 4.43. The first-order valence-electron chi connectivity index (χ1n) is 8.86. The topological polar surface area (TPSA) is 102 Å². The average molecular weight is 384 g/mol. The second-order valence-electron chi connectivity index (χ2n) is 6.88. The van der Waals surface area contributed by atoms with Gasteiger partial charge in [0.15, 0.2) is 0 Å². The molecule has 3 aromatic rings. The second-order valence-corrected chi connectivity index (χ2v) is 8.17. The molecule has 0 saturated carbocycles. The van der Waals surface area contributed by atoms with Gasteiger partial charge in [0, 0.05) is 23.9 Å². The van der Waals surface area contributed by atoms with E-state index in [0.29, 0.717) is 54.0 Å². The second kappa shape index (κ2) is 6.77. The Bertz CT molecular complexity index is 1030. The van der Waals surface area contributed by atoms with E-state index in [9.17, 15) is 9.59 Å². The predicted octanol–water partition coefficient (Wildman–Crippen LogP) is 2.91. The average Bonchev–Trinajstić information content (AvgIpc) is 3.26. The van der Waals surface area contributed by atoms with Gasteiger partial charge in [-0.2, -0.15) is 0 Å². The third kappa shape index (κ3) is 3.21. The van der Waals surface area contributed by atoms with Crippen molar-refractivity contribution in [3.05, 3.63) is 34.3 Å². The number of amides is 2. The molecule has 4 rings (SSSR count). The van der Waals surface area contributed by atoms with Crippen molar-refractivity contribution in [2.75, 3.05) is 13.1 Å². The number of piperidine rings is 1. The highest BCUT2D eigenvalue weighted by molar-refractivity contribution is 7.15. The number of nitrogens with zero attached hydrogens (tertiary/aromatic N) is 3. The number of likely N-dealkylation sites (tertiary alicyclic amines) is 1. The summed E-state index contributed by atoms with van der Waals surface area (Å²) < 4.78 is 5.36. The lowest BCUT2D eigenvalue weighted by Gasteiger charge is -2.30. The molecule has 0 bridgehead atoms. The van der Waals surface area contributed by atoms with Crippen LogP contribution < -0.4 is 5.73 Å². The SMILES string of the molecule is Cc1ccc(-c2cc(C(=O)N3CCC(C(N)=O)CC3)c3c(C)noc3n2)s1. The number of nitrogens with two attached hydrogens (primary N) is 1. The predicted molar refractivity (Wildman–Crippen MR) is 102 cm³/mol. The van der Waals surface area contributed by atoms with Gasteiger partial charge >= 0.3 is 0 Å². The van der Waals surface area contributed by atoms with Crippen LogP contribution in [-0.4, -0.2) is 39.9 Å². The van der Waals surface area contributed by atoms with Crippen LogP contribution in [0.1, 0.15) is 33.8 Å². The Hall–Kier alpha value is -2.74. The number of aryl methyl sites for hydroxylation is 2. The molecule has 1 aliphatic heterocycles. The maximum absolute atomic E-state index is 13.2. The van der Waals surface area contributed by atoms with Crippen LogP contribution in [0, 0.1) is 19.8 Å². The number of carbonyl (C=O) groups is 2. The lowest BCUT2D eigenvalue weighted by atomic mass is 9.95. The van der Waals surface area contributed by atoms with Crippen LogP contribution in [0.4, 0.5) is 0 Å². The lowest BCUT2D eigenvalue weighted by molar-refractivity contribution is -0.123. The summed E-state index contributed by atoms with van der Waals surface area (Å²) in [5.74, 6) is -0.543. The Morgan fingerprint density at radius 1 is 1.26 bits per heavy atom. The van der Waals surface area contributed by atoms with Gasteiger partial charge in [-0.3, -0.25) is 9.59 Å². The molecule has 0 spiro atoms. The van der Waals surface area contributed by atoms with E-state index in [2.05, 4.69) is 10.1 Å². The Labute approximate surface area is 160 Å². The summed E-state index contributed by atoms with van der Waals surface area (Å²) in [4.78, 5) is 33.1. The summed E-state index contributed by atoms with van der Waals surface area (Å²) >= 11 is 1.61. The van der Waals surface area contributed by atoms with Gasteiger partial charge in [-0.25, -0.2) is 4.98 Å². The molecule has 0 aliphatic carbocycles. The number of primary amides is 1. The molecular formula is C19H20N4O3S. The fourth-order valence-electron chi connectivity index (χ4n) is 3.50. The van der Waals surface area contributed by atoms with Gasteiger partial charge in [0.2, 0.25) is 5.91 Å². The first kappa shape index (κ1) is 17.7. The summed E-state index contributed by atoms with van der Waals surface area (Å²) in [5, 5.41) is 4.64. The van der Waals surface area contributed by atoms with E-state index in [4.69, 9.17) is 10.3 Å².